The Balaban J connectivity index is 0.000000804. The van der Waals surface area contributed by atoms with Gasteiger partial charge in [-0.2, -0.15) is 0 Å². The van der Waals surface area contributed by atoms with E-state index in [2.05, 4.69) is 25.4 Å². The Bertz CT molecular complexity index is 924. The number of benzene rings is 2. The van der Waals surface area contributed by atoms with Crippen molar-refractivity contribution in [2.45, 2.75) is 33.6 Å². The van der Waals surface area contributed by atoms with Crippen LogP contribution in [0.1, 0.15) is 55.0 Å². The van der Waals surface area contributed by atoms with Gasteiger partial charge >= 0.3 is 0 Å². The Morgan fingerprint density at radius 2 is 1.93 bits per heavy atom. The molecule has 0 atom stereocenters. The number of hydrogen-bond acceptors (Lipinski definition) is 3. The number of nitrogen functional groups attached to an aromatic ring is 1. The molecule has 0 radical (unpaired) electrons. The van der Waals surface area contributed by atoms with Gasteiger partial charge in [0.15, 0.2) is 0 Å². The summed E-state index contributed by atoms with van der Waals surface area (Å²) in [4.78, 5) is 0. The van der Waals surface area contributed by atoms with Crippen molar-refractivity contribution in [3.63, 3.8) is 0 Å². The summed E-state index contributed by atoms with van der Waals surface area (Å²) in [7, 11) is 1.96. The Morgan fingerprint density at radius 3 is 2.43 bits per heavy atom. The van der Waals surface area contributed by atoms with Gasteiger partial charge in [0, 0.05) is 16.8 Å². The van der Waals surface area contributed by atoms with Crippen LogP contribution in [0.15, 0.2) is 49.6 Å². The average Bonchev–Trinajstić information content (AvgIpc) is 2.73. The lowest BCUT2D eigenvalue weighted by Gasteiger charge is -2.13. The van der Waals surface area contributed by atoms with Crippen LogP contribution in [-0.2, 0) is 6.42 Å². The number of anilines is 1. The van der Waals surface area contributed by atoms with E-state index in [-0.39, 0.29) is 5.82 Å². The predicted octanol–water partition coefficient (Wildman–Crippen LogP) is 6.34. The van der Waals surface area contributed by atoms with Crippen LogP contribution in [0.25, 0.3) is 17.7 Å². The van der Waals surface area contributed by atoms with Crippen LogP contribution < -0.4 is 11.1 Å². The van der Waals surface area contributed by atoms with Crippen LogP contribution in [0, 0.1) is 11.2 Å². The summed E-state index contributed by atoms with van der Waals surface area (Å²) in [6, 6.07) is 8.53. The van der Waals surface area contributed by atoms with Crippen LogP contribution >= 0.6 is 0 Å². The van der Waals surface area contributed by atoms with Gasteiger partial charge in [-0.05, 0) is 79.9 Å². The molecule has 3 nitrogen and oxygen atoms in total. The summed E-state index contributed by atoms with van der Waals surface area (Å²) in [5.41, 5.74) is 11.7. The summed E-state index contributed by atoms with van der Waals surface area (Å²) >= 11 is 0. The van der Waals surface area contributed by atoms with E-state index < -0.39 is 0 Å². The molecule has 2 aromatic carbocycles. The summed E-state index contributed by atoms with van der Waals surface area (Å²) in [5, 5.41) is 11.4. The molecular weight excluding hydrogens is 373 g/mol. The zero-order valence-electron chi connectivity index (χ0n) is 18.6. The summed E-state index contributed by atoms with van der Waals surface area (Å²) in [5.74, 6) is -0.295. The standard InChI is InChI=1S/C22H23FN2.C4H11N/c1-5-16-9-12-21(25)22(17(16)6-2)20(24)11-8-15-7-10-19(23)18(13-15)14(3)4;1-3-4-5-2/h5,7-13,24H,1,3,6,25H2,2,4H3;5H,3-4H2,1-2H3/b11-8+,24-20?;. The number of hydrogen-bond donors (Lipinski definition) is 3. The van der Waals surface area contributed by atoms with Crippen molar-refractivity contribution in [3.8, 4) is 0 Å². The average molecular weight is 408 g/mol. The van der Waals surface area contributed by atoms with Crippen molar-refractivity contribution in [2.24, 2.45) is 0 Å². The first-order valence-electron chi connectivity index (χ1n) is 10.2. The summed E-state index contributed by atoms with van der Waals surface area (Å²) < 4.78 is 13.8. The van der Waals surface area contributed by atoms with Gasteiger partial charge < -0.3 is 16.5 Å². The molecule has 0 unspecified atom stereocenters. The molecule has 0 aliphatic heterocycles. The molecule has 4 N–H and O–H groups in total. The zero-order chi connectivity index (χ0) is 22.7. The molecule has 30 heavy (non-hydrogen) atoms. The first-order valence-corrected chi connectivity index (χ1v) is 10.2. The van der Waals surface area contributed by atoms with E-state index in [1.165, 1.54) is 12.5 Å². The Kier molecular flexibility index (Phi) is 10.5. The molecule has 0 saturated carbocycles. The molecule has 2 aromatic rings. The molecular formula is C26H34FN3. The second-order valence-corrected chi connectivity index (χ2v) is 7.03. The molecule has 0 aromatic heterocycles. The first-order chi connectivity index (χ1) is 14.3. The van der Waals surface area contributed by atoms with Crippen molar-refractivity contribution >= 4 is 29.1 Å². The molecule has 0 saturated heterocycles. The number of nitrogens with two attached hydrogens (primary N) is 1. The lowest BCUT2D eigenvalue weighted by atomic mass is 9.93. The number of rotatable bonds is 8. The predicted molar refractivity (Wildman–Crippen MR) is 132 cm³/mol. The zero-order valence-corrected chi connectivity index (χ0v) is 18.6. The Morgan fingerprint density at radius 1 is 1.23 bits per heavy atom. The number of halogens is 1. The largest absolute Gasteiger partial charge is 0.398 e. The van der Waals surface area contributed by atoms with E-state index in [1.54, 1.807) is 43.4 Å². The van der Waals surface area contributed by atoms with Crippen LogP contribution in [0.3, 0.4) is 0 Å². The van der Waals surface area contributed by atoms with Crippen molar-refractivity contribution in [2.75, 3.05) is 19.3 Å². The monoisotopic (exact) mass is 407 g/mol. The van der Waals surface area contributed by atoms with Crippen LogP contribution in [-0.4, -0.2) is 19.3 Å². The second-order valence-electron chi connectivity index (χ2n) is 7.03. The molecule has 0 fully saturated rings. The maximum absolute atomic E-state index is 13.8. The minimum absolute atomic E-state index is 0.295. The van der Waals surface area contributed by atoms with Gasteiger partial charge in [-0.15, -0.1) is 0 Å². The van der Waals surface area contributed by atoms with Crippen LogP contribution in [0.4, 0.5) is 10.1 Å². The highest BCUT2D eigenvalue weighted by molar-refractivity contribution is 6.13. The third-order valence-electron chi connectivity index (χ3n) is 4.62. The molecule has 0 aliphatic rings. The van der Waals surface area contributed by atoms with Gasteiger partial charge in [0.05, 0.1) is 5.71 Å². The molecule has 0 heterocycles. The smallest absolute Gasteiger partial charge is 0.130 e. The molecule has 0 amide bonds. The molecule has 4 heteroatoms. The van der Waals surface area contributed by atoms with Crippen molar-refractivity contribution < 1.29 is 4.39 Å². The van der Waals surface area contributed by atoms with Gasteiger partial charge in [-0.25, -0.2) is 4.39 Å². The minimum Gasteiger partial charge on any atom is -0.398 e. The maximum atomic E-state index is 13.8. The van der Waals surface area contributed by atoms with E-state index in [9.17, 15) is 4.39 Å². The molecule has 0 aliphatic carbocycles. The third-order valence-corrected chi connectivity index (χ3v) is 4.62. The maximum Gasteiger partial charge on any atom is 0.130 e. The highest BCUT2D eigenvalue weighted by Gasteiger charge is 2.12. The van der Waals surface area contributed by atoms with Crippen molar-refractivity contribution in [1.29, 1.82) is 5.41 Å². The normalized spacial score (nSPS) is 10.4. The lowest BCUT2D eigenvalue weighted by Crippen LogP contribution is -2.07. The quantitative estimate of drug-likeness (QED) is 0.353. The lowest BCUT2D eigenvalue weighted by molar-refractivity contribution is 0.624. The van der Waals surface area contributed by atoms with Crippen molar-refractivity contribution in [3.05, 3.63) is 83.2 Å². The minimum atomic E-state index is -0.295. The first kappa shape index (κ1) is 25.1. The topological polar surface area (TPSA) is 61.9 Å². The van der Waals surface area contributed by atoms with E-state index in [4.69, 9.17) is 11.1 Å². The Labute approximate surface area is 180 Å². The van der Waals surface area contributed by atoms with E-state index >= 15 is 0 Å². The third kappa shape index (κ3) is 6.82. The van der Waals surface area contributed by atoms with Gasteiger partial charge in [-0.3, -0.25) is 0 Å². The fourth-order valence-electron chi connectivity index (χ4n) is 3.06. The fourth-order valence-corrected chi connectivity index (χ4v) is 3.06. The summed E-state index contributed by atoms with van der Waals surface area (Å²) in [6.07, 6.45) is 7.24. The van der Waals surface area contributed by atoms with Gasteiger partial charge in [0.25, 0.3) is 0 Å². The number of allylic oxidation sites excluding steroid dienone is 2. The van der Waals surface area contributed by atoms with E-state index in [0.29, 0.717) is 22.5 Å². The van der Waals surface area contributed by atoms with Crippen molar-refractivity contribution in [1.82, 2.24) is 5.32 Å². The molecule has 0 bridgehead atoms. The molecule has 2 rings (SSSR count). The van der Waals surface area contributed by atoms with E-state index in [0.717, 1.165) is 35.2 Å². The molecule has 160 valence electrons. The van der Waals surface area contributed by atoms with Gasteiger partial charge in [0.1, 0.15) is 5.82 Å². The SMILES string of the molecule is C=Cc1ccc(N)c(C(=N)/C=C/c2ccc(F)c(C(=C)C)c2)c1CC.CCCNC. The second kappa shape index (κ2) is 12.6. The fraction of sp³-hybridized carbons (Fsp3) is 0.269. The highest BCUT2D eigenvalue weighted by atomic mass is 19.1. The van der Waals surface area contributed by atoms with E-state index in [1.807, 2.05) is 20.0 Å². The molecule has 0 spiro atoms. The van der Waals surface area contributed by atoms with Crippen LogP contribution in [0.5, 0.6) is 0 Å². The van der Waals surface area contributed by atoms with Crippen LogP contribution in [0.2, 0.25) is 0 Å². The summed E-state index contributed by atoms with van der Waals surface area (Å²) in [6.45, 7) is 14.7. The highest BCUT2D eigenvalue weighted by Crippen LogP contribution is 2.25. The number of nitrogens with one attached hydrogen (secondary N) is 2. The van der Waals surface area contributed by atoms with Gasteiger partial charge in [0.2, 0.25) is 0 Å². The van der Waals surface area contributed by atoms with Gasteiger partial charge in [-0.1, -0.05) is 51.3 Å². The Hall–Kier alpha value is -2.98.